The molecule has 4 aromatic rings. The van der Waals surface area contributed by atoms with E-state index in [2.05, 4.69) is 10.3 Å². The molecule has 10 heteroatoms. The molecule has 0 bridgehead atoms. The molecular weight excluding hydrogens is 527 g/mol. The smallest absolute Gasteiger partial charge is 0.416 e. The minimum atomic E-state index is -4.42. The third kappa shape index (κ3) is 6.58. The summed E-state index contributed by atoms with van der Waals surface area (Å²) in [4.78, 5) is 19.3. The summed E-state index contributed by atoms with van der Waals surface area (Å²) in [6.07, 6.45) is -4.42. The number of nitrogens with one attached hydrogen (secondary N) is 1. The highest BCUT2D eigenvalue weighted by molar-refractivity contribution is 7.09. The highest BCUT2D eigenvalue weighted by Crippen LogP contribution is 2.34. The summed E-state index contributed by atoms with van der Waals surface area (Å²) in [5.41, 5.74) is 3.92. The zero-order valence-corrected chi connectivity index (χ0v) is 22.2. The minimum absolute atomic E-state index is 0.152. The Labute approximate surface area is 228 Å². The van der Waals surface area contributed by atoms with Gasteiger partial charge in [-0.15, -0.1) is 11.3 Å². The molecule has 1 aliphatic heterocycles. The molecule has 39 heavy (non-hydrogen) atoms. The Bertz CT molecular complexity index is 1500. The number of anilines is 1. The van der Waals surface area contributed by atoms with Crippen molar-refractivity contribution in [3.05, 3.63) is 105 Å². The van der Waals surface area contributed by atoms with Gasteiger partial charge in [-0.2, -0.15) is 13.2 Å². The summed E-state index contributed by atoms with van der Waals surface area (Å²) in [7, 11) is 0. The van der Waals surface area contributed by atoms with Gasteiger partial charge in [-0.05, 0) is 66.4 Å². The van der Waals surface area contributed by atoms with Crippen molar-refractivity contribution in [2.24, 2.45) is 0 Å². The second-order valence-electron chi connectivity index (χ2n) is 9.41. The summed E-state index contributed by atoms with van der Waals surface area (Å²) in [5.74, 6) is 0.967. The third-order valence-electron chi connectivity index (χ3n) is 6.41. The number of thiazole rings is 1. The van der Waals surface area contributed by atoms with Gasteiger partial charge in [-0.1, -0.05) is 30.3 Å². The average molecular weight is 554 g/mol. The van der Waals surface area contributed by atoms with Gasteiger partial charge in [0.1, 0.15) is 10.7 Å². The van der Waals surface area contributed by atoms with Crippen molar-refractivity contribution in [3.8, 4) is 11.5 Å². The molecule has 1 N–H and O–H groups in total. The van der Waals surface area contributed by atoms with Crippen LogP contribution >= 0.6 is 11.3 Å². The van der Waals surface area contributed by atoms with E-state index in [4.69, 9.17) is 9.47 Å². The fraction of sp³-hybridized carbons (Fsp3) is 0.241. The van der Waals surface area contributed by atoms with Crippen LogP contribution < -0.4 is 14.8 Å². The van der Waals surface area contributed by atoms with E-state index in [1.807, 2.05) is 55.1 Å². The first kappa shape index (κ1) is 26.7. The minimum Gasteiger partial charge on any atom is -0.454 e. The largest absolute Gasteiger partial charge is 0.454 e. The van der Waals surface area contributed by atoms with Gasteiger partial charge >= 0.3 is 6.18 Å². The van der Waals surface area contributed by atoms with Gasteiger partial charge in [-0.3, -0.25) is 9.69 Å². The average Bonchev–Trinajstić information content (AvgIpc) is 3.55. The number of hydrogen-bond acceptors (Lipinski definition) is 6. The Morgan fingerprint density at radius 1 is 0.949 bits per heavy atom. The summed E-state index contributed by atoms with van der Waals surface area (Å²) >= 11 is 1.33. The van der Waals surface area contributed by atoms with Crippen LogP contribution in [0.1, 0.15) is 43.3 Å². The maximum Gasteiger partial charge on any atom is 0.416 e. The maximum atomic E-state index is 13.3. The lowest BCUT2D eigenvalue weighted by Crippen LogP contribution is -2.23. The lowest BCUT2D eigenvalue weighted by molar-refractivity contribution is -0.137. The molecule has 3 aromatic carbocycles. The number of aromatic nitrogens is 1. The van der Waals surface area contributed by atoms with Crippen LogP contribution in [0.2, 0.25) is 0 Å². The number of hydrogen-bond donors (Lipinski definition) is 1. The fourth-order valence-electron chi connectivity index (χ4n) is 4.26. The number of amides is 1. The van der Waals surface area contributed by atoms with Gasteiger partial charge in [0, 0.05) is 24.2 Å². The number of aryl methyl sites for hydroxylation is 2. The normalized spacial score (nSPS) is 12.7. The number of alkyl halides is 3. The monoisotopic (exact) mass is 553 g/mol. The van der Waals surface area contributed by atoms with Crippen molar-refractivity contribution in [1.29, 1.82) is 0 Å². The van der Waals surface area contributed by atoms with Crippen molar-refractivity contribution in [1.82, 2.24) is 9.88 Å². The Morgan fingerprint density at radius 3 is 2.49 bits per heavy atom. The first-order chi connectivity index (χ1) is 18.6. The van der Waals surface area contributed by atoms with Crippen LogP contribution in [0.5, 0.6) is 11.5 Å². The van der Waals surface area contributed by atoms with Crippen LogP contribution in [-0.2, 0) is 25.8 Å². The van der Waals surface area contributed by atoms with Crippen LogP contribution in [0.3, 0.4) is 0 Å². The lowest BCUT2D eigenvalue weighted by Gasteiger charge is -2.22. The van der Waals surface area contributed by atoms with Gasteiger partial charge in [0.25, 0.3) is 5.91 Å². The number of carbonyl (C=O) groups excluding carboxylic acids is 1. The number of nitrogens with zero attached hydrogens (tertiary/aromatic N) is 2. The van der Waals surface area contributed by atoms with E-state index in [1.165, 1.54) is 17.4 Å². The van der Waals surface area contributed by atoms with Crippen molar-refractivity contribution < 1.29 is 27.4 Å². The summed E-state index contributed by atoms with van der Waals surface area (Å²) in [6, 6.07) is 16.6. The molecule has 5 rings (SSSR count). The van der Waals surface area contributed by atoms with Crippen LogP contribution in [-0.4, -0.2) is 22.6 Å². The molecule has 2 heterocycles. The fourth-order valence-corrected chi connectivity index (χ4v) is 5.08. The SMILES string of the molecule is Cc1ccc(NC(=O)c2csc(CN(Cc3cccc(C(F)(F)F)c3)Cc3ccc4c(c3)OCO4)n2)cc1C. The number of fused-ring (bicyclic) bond motifs is 1. The molecule has 202 valence electrons. The van der Waals surface area contributed by atoms with Crippen molar-refractivity contribution in [2.75, 3.05) is 12.1 Å². The molecule has 6 nitrogen and oxygen atoms in total. The van der Waals surface area contributed by atoms with E-state index in [0.29, 0.717) is 40.8 Å². The topological polar surface area (TPSA) is 63.7 Å². The molecular formula is C29H26F3N3O3S. The Hall–Kier alpha value is -3.89. The van der Waals surface area contributed by atoms with E-state index < -0.39 is 11.7 Å². The van der Waals surface area contributed by atoms with Gasteiger partial charge in [-0.25, -0.2) is 4.98 Å². The van der Waals surface area contributed by atoms with E-state index in [0.717, 1.165) is 28.8 Å². The molecule has 0 saturated carbocycles. The summed E-state index contributed by atoms with van der Waals surface area (Å²) in [5, 5.41) is 5.24. The summed E-state index contributed by atoms with van der Waals surface area (Å²) in [6.45, 7) is 5.15. The number of carbonyl (C=O) groups is 1. The number of ether oxygens (including phenoxy) is 2. The Morgan fingerprint density at radius 2 is 1.72 bits per heavy atom. The molecule has 1 aromatic heterocycles. The van der Waals surface area contributed by atoms with Crippen LogP contribution in [0, 0.1) is 13.8 Å². The molecule has 0 radical (unpaired) electrons. The highest BCUT2D eigenvalue weighted by Gasteiger charge is 2.30. The van der Waals surface area contributed by atoms with Crippen molar-refractivity contribution >= 4 is 22.9 Å². The molecule has 0 unspecified atom stereocenters. The van der Waals surface area contributed by atoms with E-state index >= 15 is 0 Å². The van der Waals surface area contributed by atoms with Gasteiger partial charge in [0.05, 0.1) is 12.1 Å². The van der Waals surface area contributed by atoms with Gasteiger partial charge in [0.15, 0.2) is 11.5 Å². The molecule has 0 spiro atoms. The second kappa shape index (κ2) is 11.1. The molecule has 0 saturated heterocycles. The third-order valence-corrected chi connectivity index (χ3v) is 7.25. The van der Waals surface area contributed by atoms with E-state index in [9.17, 15) is 18.0 Å². The van der Waals surface area contributed by atoms with E-state index in [-0.39, 0.29) is 24.9 Å². The number of rotatable bonds is 8. The summed E-state index contributed by atoms with van der Waals surface area (Å²) < 4.78 is 50.8. The van der Waals surface area contributed by atoms with Gasteiger partial charge in [0.2, 0.25) is 6.79 Å². The zero-order valence-electron chi connectivity index (χ0n) is 21.3. The first-order valence-electron chi connectivity index (χ1n) is 12.2. The lowest BCUT2D eigenvalue weighted by atomic mass is 10.1. The molecule has 0 atom stereocenters. The standard InChI is InChI=1S/C29H26F3N3O3S/c1-18-6-8-23(10-19(18)2)33-28(36)24-16-39-27(34-24)15-35(13-20-4-3-5-22(11-20)29(30,31)32)14-21-7-9-25-26(12-21)38-17-37-25/h3-12,16H,13-15,17H2,1-2H3,(H,33,36). The second-order valence-corrected chi connectivity index (χ2v) is 10.4. The van der Waals surface area contributed by atoms with Crippen molar-refractivity contribution in [2.45, 2.75) is 39.7 Å². The first-order valence-corrected chi connectivity index (χ1v) is 13.1. The quantitative estimate of drug-likeness (QED) is 0.256. The van der Waals surface area contributed by atoms with E-state index in [1.54, 1.807) is 11.4 Å². The van der Waals surface area contributed by atoms with Gasteiger partial charge < -0.3 is 14.8 Å². The Kier molecular flexibility index (Phi) is 7.58. The molecule has 1 aliphatic rings. The van der Waals surface area contributed by atoms with Crippen molar-refractivity contribution in [3.63, 3.8) is 0 Å². The predicted octanol–water partition coefficient (Wildman–Crippen LogP) is 6.96. The molecule has 1 amide bonds. The predicted molar refractivity (Wildman–Crippen MR) is 143 cm³/mol. The molecule has 0 aliphatic carbocycles. The number of benzene rings is 3. The van der Waals surface area contributed by atoms with Crippen LogP contribution in [0.4, 0.5) is 18.9 Å². The Balaban J connectivity index is 1.34. The van der Waals surface area contributed by atoms with Crippen LogP contribution in [0.15, 0.2) is 66.0 Å². The van der Waals surface area contributed by atoms with Crippen LogP contribution in [0.25, 0.3) is 0 Å². The molecule has 0 fully saturated rings. The maximum absolute atomic E-state index is 13.3. The number of halogens is 3. The zero-order chi connectivity index (χ0) is 27.6. The highest BCUT2D eigenvalue weighted by atomic mass is 32.1.